The normalized spacial score (nSPS) is 16.6. The fourth-order valence-corrected chi connectivity index (χ4v) is 3.02. The summed E-state index contributed by atoms with van der Waals surface area (Å²) >= 11 is 0. The molecule has 0 heterocycles. The molecule has 2 N–H and O–H groups in total. The summed E-state index contributed by atoms with van der Waals surface area (Å²) in [4.78, 5) is 12.0. The lowest BCUT2D eigenvalue weighted by Gasteiger charge is -2.43. The molecule has 0 bridgehead atoms. The molecule has 4 nitrogen and oxygen atoms in total. The van der Waals surface area contributed by atoms with Gasteiger partial charge in [-0.15, -0.1) is 0 Å². The van der Waals surface area contributed by atoms with Crippen LogP contribution in [0.4, 0.5) is 4.79 Å². The smallest absolute Gasteiger partial charge is 0.408 e. The first-order chi connectivity index (χ1) is 10.7. The van der Waals surface area contributed by atoms with E-state index in [1.165, 1.54) is 16.7 Å². The van der Waals surface area contributed by atoms with E-state index in [2.05, 4.69) is 42.7 Å². The van der Waals surface area contributed by atoms with Gasteiger partial charge in [0.25, 0.3) is 0 Å². The molecule has 2 rings (SSSR count). The van der Waals surface area contributed by atoms with E-state index in [1.807, 2.05) is 20.8 Å². The Morgan fingerprint density at radius 3 is 2.30 bits per heavy atom. The molecule has 4 heteroatoms. The van der Waals surface area contributed by atoms with Gasteiger partial charge in [-0.05, 0) is 70.6 Å². The highest BCUT2D eigenvalue weighted by Gasteiger charge is 2.39. The van der Waals surface area contributed by atoms with Gasteiger partial charge in [0.15, 0.2) is 0 Å². The summed E-state index contributed by atoms with van der Waals surface area (Å²) in [6.07, 6.45) is 2.85. The molecule has 1 saturated carbocycles. The predicted molar refractivity (Wildman–Crippen MR) is 93.6 cm³/mol. The molecule has 0 saturated heterocycles. The second-order valence-electron chi connectivity index (χ2n) is 7.73. The minimum Gasteiger partial charge on any atom is -0.444 e. The molecule has 0 atom stereocenters. The second kappa shape index (κ2) is 6.91. The van der Waals surface area contributed by atoms with Crippen LogP contribution in [0.3, 0.4) is 0 Å². The molecule has 0 unspecified atom stereocenters. The Hall–Kier alpha value is -1.55. The number of hydrogen-bond acceptors (Lipinski definition) is 3. The zero-order valence-electron chi connectivity index (χ0n) is 15.1. The van der Waals surface area contributed by atoms with E-state index in [0.717, 1.165) is 32.4 Å². The number of rotatable bonds is 5. The maximum atomic E-state index is 12.0. The van der Waals surface area contributed by atoms with Crippen molar-refractivity contribution in [2.45, 2.75) is 71.6 Å². The van der Waals surface area contributed by atoms with Gasteiger partial charge < -0.3 is 15.4 Å². The van der Waals surface area contributed by atoms with E-state index < -0.39 is 5.60 Å². The minimum absolute atomic E-state index is 0.154. The Balaban J connectivity index is 1.88. The van der Waals surface area contributed by atoms with Gasteiger partial charge in [0.2, 0.25) is 0 Å². The summed E-state index contributed by atoms with van der Waals surface area (Å²) in [5.74, 6) is 0. The molecule has 1 aliphatic carbocycles. The van der Waals surface area contributed by atoms with Crippen LogP contribution in [0, 0.1) is 13.8 Å². The van der Waals surface area contributed by atoms with Crippen molar-refractivity contribution in [3.63, 3.8) is 0 Å². The first kappa shape index (κ1) is 17.8. The largest absolute Gasteiger partial charge is 0.444 e. The zero-order valence-corrected chi connectivity index (χ0v) is 15.1. The van der Waals surface area contributed by atoms with Gasteiger partial charge in [-0.25, -0.2) is 4.79 Å². The third-order valence-electron chi connectivity index (χ3n) is 4.49. The van der Waals surface area contributed by atoms with Crippen molar-refractivity contribution in [2.75, 3.05) is 6.54 Å². The van der Waals surface area contributed by atoms with Gasteiger partial charge in [-0.1, -0.05) is 18.2 Å². The molecule has 0 radical (unpaired) electrons. The Kier molecular flexibility index (Phi) is 5.35. The third-order valence-corrected chi connectivity index (χ3v) is 4.49. The number of carbonyl (C=O) groups excluding carboxylic acids is 1. The molecule has 0 aromatic heterocycles. The van der Waals surface area contributed by atoms with Crippen molar-refractivity contribution in [1.29, 1.82) is 0 Å². The number of benzene rings is 1. The maximum Gasteiger partial charge on any atom is 0.408 e. The molecule has 23 heavy (non-hydrogen) atoms. The number of alkyl carbamates (subject to hydrolysis) is 1. The number of amides is 1. The van der Waals surface area contributed by atoms with Crippen molar-refractivity contribution in [3.05, 3.63) is 34.9 Å². The number of aryl methyl sites for hydroxylation is 2. The highest BCUT2D eigenvalue weighted by molar-refractivity contribution is 5.69. The molecule has 0 spiro atoms. The molecular formula is C19H30N2O2. The van der Waals surface area contributed by atoms with E-state index in [0.29, 0.717) is 0 Å². The van der Waals surface area contributed by atoms with E-state index in [-0.39, 0.29) is 11.6 Å². The monoisotopic (exact) mass is 318 g/mol. The van der Waals surface area contributed by atoms with E-state index in [1.54, 1.807) is 0 Å². The zero-order chi connectivity index (χ0) is 17.1. The summed E-state index contributed by atoms with van der Waals surface area (Å²) in [5.41, 5.74) is 3.35. The van der Waals surface area contributed by atoms with Crippen LogP contribution in [0.1, 0.15) is 56.7 Å². The van der Waals surface area contributed by atoms with Crippen molar-refractivity contribution >= 4 is 6.09 Å². The highest BCUT2D eigenvalue weighted by Crippen LogP contribution is 2.31. The molecule has 1 aromatic rings. The van der Waals surface area contributed by atoms with Crippen molar-refractivity contribution in [3.8, 4) is 0 Å². The minimum atomic E-state index is -0.458. The molecule has 1 fully saturated rings. The highest BCUT2D eigenvalue weighted by atomic mass is 16.6. The van der Waals surface area contributed by atoms with Crippen LogP contribution in [0.2, 0.25) is 0 Å². The van der Waals surface area contributed by atoms with Crippen molar-refractivity contribution in [1.82, 2.24) is 10.6 Å². The first-order valence-electron chi connectivity index (χ1n) is 8.48. The van der Waals surface area contributed by atoms with Crippen molar-refractivity contribution < 1.29 is 9.53 Å². The lowest BCUT2D eigenvalue weighted by molar-refractivity contribution is 0.0382. The lowest BCUT2D eigenvalue weighted by Crippen LogP contribution is -2.59. The molecule has 1 amide bonds. The fraction of sp³-hybridized carbons (Fsp3) is 0.632. The average molecular weight is 318 g/mol. The van der Waals surface area contributed by atoms with Crippen LogP contribution in [0.25, 0.3) is 0 Å². The molecular weight excluding hydrogens is 288 g/mol. The van der Waals surface area contributed by atoms with Crippen LogP contribution < -0.4 is 10.6 Å². The maximum absolute atomic E-state index is 12.0. The SMILES string of the molecule is Cc1cccc(C)c1CNCC1(NC(=O)OC(C)(C)C)CCC1. The van der Waals surface area contributed by atoms with Crippen LogP contribution >= 0.6 is 0 Å². The lowest BCUT2D eigenvalue weighted by atomic mass is 9.76. The van der Waals surface area contributed by atoms with Gasteiger partial charge in [-0.2, -0.15) is 0 Å². The van der Waals surface area contributed by atoms with Crippen LogP contribution in [-0.4, -0.2) is 23.8 Å². The van der Waals surface area contributed by atoms with Crippen LogP contribution in [0.5, 0.6) is 0 Å². The molecule has 128 valence electrons. The number of carbonyl (C=O) groups is 1. The van der Waals surface area contributed by atoms with E-state index in [4.69, 9.17) is 4.74 Å². The van der Waals surface area contributed by atoms with Gasteiger partial charge in [-0.3, -0.25) is 0 Å². The van der Waals surface area contributed by atoms with Gasteiger partial charge in [0.1, 0.15) is 5.60 Å². The Bertz CT molecular complexity index is 537. The Morgan fingerprint density at radius 2 is 1.83 bits per heavy atom. The number of hydrogen-bond donors (Lipinski definition) is 2. The Morgan fingerprint density at radius 1 is 1.22 bits per heavy atom. The third kappa shape index (κ3) is 4.96. The van der Waals surface area contributed by atoms with E-state index >= 15 is 0 Å². The second-order valence-corrected chi connectivity index (χ2v) is 7.73. The summed E-state index contributed by atoms with van der Waals surface area (Å²) < 4.78 is 5.39. The summed E-state index contributed by atoms with van der Waals surface area (Å²) in [5, 5.41) is 6.60. The quantitative estimate of drug-likeness (QED) is 0.867. The van der Waals surface area contributed by atoms with Crippen LogP contribution in [0.15, 0.2) is 18.2 Å². The number of nitrogens with one attached hydrogen (secondary N) is 2. The average Bonchev–Trinajstić information content (AvgIpc) is 2.36. The predicted octanol–water partition coefficient (Wildman–Crippen LogP) is 3.84. The fourth-order valence-electron chi connectivity index (χ4n) is 3.02. The van der Waals surface area contributed by atoms with Gasteiger partial charge >= 0.3 is 6.09 Å². The number of ether oxygens (including phenoxy) is 1. The summed E-state index contributed by atoms with van der Waals surface area (Å²) in [6.45, 7) is 11.6. The van der Waals surface area contributed by atoms with Gasteiger partial charge in [0.05, 0.1) is 5.54 Å². The van der Waals surface area contributed by atoms with Crippen LogP contribution in [-0.2, 0) is 11.3 Å². The van der Waals surface area contributed by atoms with Crippen molar-refractivity contribution in [2.24, 2.45) is 0 Å². The molecule has 0 aliphatic heterocycles. The Labute approximate surface area is 140 Å². The summed E-state index contributed by atoms with van der Waals surface area (Å²) in [7, 11) is 0. The molecule has 1 aromatic carbocycles. The van der Waals surface area contributed by atoms with Gasteiger partial charge in [0, 0.05) is 13.1 Å². The topological polar surface area (TPSA) is 50.4 Å². The summed E-state index contributed by atoms with van der Waals surface area (Å²) in [6, 6.07) is 6.37. The molecule has 1 aliphatic rings. The van der Waals surface area contributed by atoms with E-state index in [9.17, 15) is 4.79 Å². The standard InChI is InChI=1S/C19H30N2O2/c1-14-8-6-9-15(2)16(14)12-20-13-19(10-7-11-19)21-17(22)23-18(3,4)5/h6,8-9,20H,7,10-13H2,1-5H3,(H,21,22). The first-order valence-corrected chi connectivity index (χ1v) is 8.48.